The van der Waals surface area contributed by atoms with Crippen LogP contribution in [0.5, 0.6) is 0 Å². The zero-order chi connectivity index (χ0) is 4.50. The molecule has 0 fully saturated rings. The quantitative estimate of drug-likeness (QED) is 0.288. The molecule has 0 amide bonds. The fraction of sp³-hybridized carbons (Fsp3) is 0. The van der Waals surface area contributed by atoms with Gasteiger partial charge in [0.2, 0.25) is 15.0 Å². The molecular weight excluding hydrogens is 87.8 g/mol. The molecule has 0 rings (SSSR count). The molecule has 5 heavy (non-hydrogen) atoms. The second kappa shape index (κ2) is 1.13. The Bertz CT molecular complexity index is 55.8. The number of hydrogen-bond donors (Lipinski definition) is 2. The lowest BCUT2D eigenvalue weighted by atomic mass is 10.8. The van der Waals surface area contributed by atoms with Gasteiger partial charge in [-0.15, -0.1) is 0 Å². The summed E-state index contributed by atoms with van der Waals surface area (Å²) < 4.78 is 9.55. The first-order valence-electron chi connectivity index (χ1n) is 1.09. The number of rotatable bonds is 0. The van der Waals surface area contributed by atoms with Crippen LogP contribution in [-0.2, 0) is 4.57 Å². The van der Waals surface area contributed by atoms with Crippen LogP contribution >= 0.6 is 7.40 Å². The van der Waals surface area contributed by atoms with Gasteiger partial charge in [-0.1, -0.05) is 0 Å². The van der Waals surface area contributed by atoms with Crippen LogP contribution in [0.2, 0.25) is 0 Å². The molecule has 0 aliphatic carbocycles. The topological polar surface area (TPSA) is 63.3 Å². The molecule has 5 heteroatoms. The minimum absolute atomic E-state index is 1.08. The molecule has 1 atom stereocenters. The van der Waals surface area contributed by atoms with Crippen molar-refractivity contribution in [2.45, 2.75) is 0 Å². The van der Waals surface area contributed by atoms with E-state index in [1.54, 1.807) is 0 Å². The lowest BCUT2D eigenvalue weighted by molar-refractivity contribution is 0.497. The molecule has 0 aliphatic rings. The minimum atomic E-state index is -3.14. The lowest BCUT2D eigenvalue weighted by Crippen LogP contribution is -1.88. The molecule has 0 heterocycles. The summed E-state index contributed by atoms with van der Waals surface area (Å²) in [5.41, 5.74) is 4.47. The van der Waals surface area contributed by atoms with Crippen molar-refractivity contribution in [3.05, 3.63) is 0 Å². The third-order valence-corrected chi connectivity index (χ3v) is 0. The van der Waals surface area contributed by atoms with E-state index in [1.165, 1.54) is 0 Å². The van der Waals surface area contributed by atoms with Crippen LogP contribution in [0.15, 0.2) is 0 Å². The van der Waals surface area contributed by atoms with Gasteiger partial charge in [0, 0.05) is 0 Å². The zero-order valence-corrected chi connectivity index (χ0v) is 3.77. The van der Waals surface area contributed by atoms with E-state index < -0.39 is 7.40 Å². The first kappa shape index (κ1) is 5.21. The van der Waals surface area contributed by atoms with Gasteiger partial charge in [-0.2, -0.15) is 0 Å². The van der Waals surface area contributed by atoms with Gasteiger partial charge in [0.15, 0.2) is 0 Å². The molecule has 0 bridgehead atoms. The van der Waals surface area contributed by atoms with E-state index in [0.717, 1.165) is 7.57 Å². The summed E-state index contributed by atoms with van der Waals surface area (Å²) in [6.07, 6.45) is 0. The second-order valence-electron chi connectivity index (χ2n) is 0.943. The third kappa shape index (κ3) is 448. The normalized spacial score (nSPS) is 21.2. The first-order valence-corrected chi connectivity index (χ1v) is 3.26. The van der Waals surface area contributed by atoms with E-state index in [1.807, 2.05) is 0 Å². The monoisotopic (exact) mass is 93.0 g/mol. The molecule has 0 aliphatic heterocycles. The van der Waals surface area contributed by atoms with E-state index in [4.69, 9.17) is 4.89 Å². The molecule has 0 aromatic carbocycles. The van der Waals surface area contributed by atoms with Crippen molar-refractivity contribution in [3.63, 3.8) is 0 Å². The van der Waals surface area contributed by atoms with Crippen molar-refractivity contribution in [2.75, 3.05) is 0 Å². The molecule has 0 radical (unpaired) electrons. The predicted octanol–water partition coefficient (Wildman–Crippen LogP) is -1.32. The van der Waals surface area contributed by atoms with Gasteiger partial charge in [-0.25, -0.2) is 0 Å². The Morgan fingerprint density at radius 2 is 2.00 bits per heavy atom. The van der Waals surface area contributed by atoms with Gasteiger partial charge in [0.1, 0.15) is 0 Å². The summed E-state index contributed by atoms with van der Waals surface area (Å²) >= 11 is 0. The van der Waals surface area contributed by atoms with E-state index in [-0.39, 0.29) is 0 Å². The zero-order valence-electron chi connectivity index (χ0n) is 2.88. The van der Waals surface area contributed by atoms with Crippen molar-refractivity contribution < 1.29 is 9.46 Å². The van der Waals surface area contributed by atoms with Crippen LogP contribution in [0.4, 0.5) is 0 Å². The Hall–Kier alpha value is 0.215. The first-order chi connectivity index (χ1) is 2.00. The molecule has 0 saturated carbocycles. The highest BCUT2D eigenvalue weighted by Crippen LogP contribution is 2.19. The van der Waals surface area contributed by atoms with Crippen LogP contribution < -0.4 is 5.50 Å². The van der Waals surface area contributed by atoms with E-state index >= 15 is 0 Å². The summed E-state index contributed by atoms with van der Waals surface area (Å²) in [4.78, 5) is 7.85. The minimum Gasteiger partial charge on any atom is -0.341 e. The summed E-state index contributed by atoms with van der Waals surface area (Å²) in [5.74, 6) is 0. The lowest BCUT2D eigenvalue weighted by Gasteiger charge is -1.86. The fourth-order valence-corrected chi connectivity index (χ4v) is 0. The molecule has 3 N–H and O–H groups in total. The highest BCUT2D eigenvalue weighted by atomic mass is 31.2. The summed E-state index contributed by atoms with van der Waals surface area (Å²) in [7, 11) is -2.06. The Balaban J connectivity index is 3.47. The Kier molecular flexibility index (Phi) is 1.18. The molecule has 30 valence electrons. The largest absolute Gasteiger partial charge is 0.341 e. The SMILES string of the molecule is BP(N)(=O)O. The van der Waals surface area contributed by atoms with Gasteiger partial charge in [-0.3, -0.25) is 10.1 Å². The predicted molar refractivity (Wildman–Crippen MR) is 22.6 cm³/mol. The smallest absolute Gasteiger partial charge is 0.235 e. The maximum absolute atomic E-state index is 9.55. The van der Waals surface area contributed by atoms with E-state index in [2.05, 4.69) is 5.50 Å². The average molecular weight is 92.8 g/mol. The summed E-state index contributed by atoms with van der Waals surface area (Å²) in [5, 5.41) is 0. The summed E-state index contributed by atoms with van der Waals surface area (Å²) in [6, 6.07) is 0. The summed E-state index contributed by atoms with van der Waals surface area (Å²) in [6.45, 7) is 0. The van der Waals surface area contributed by atoms with E-state index in [0.29, 0.717) is 0 Å². The number of nitrogens with two attached hydrogens (primary N) is 1. The van der Waals surface area contributed by atoms with Crippen molar-refractivity contribution in [1.29, 1.82) is 0 Å². The van der Waals surface area contributed by atoms with Gasteiger partial charge in [0.25, 0.3) is 0 Å². The third-order valence-electron chi connectivity index (χ3n) is 0. The average Bonchev–Trinajstić information content (AvgIpc) is 0.722. The van der Waals surface area contributed by atoms with Crippen LogP contribution in [0.25, 0.3) is 0 Å². The molecular formula is H5BNO2P. The van der Waals surface area contributed by atoms with Crippen LogP contribution in [-0.4, -0.2) is 12.5 Å². The molecule has 1 unspecified atom stereocenters. The fourth-order valence-electron chi connectivity index (χ4n) is 0. The van der Waals surface area contributed by atoms with Gasteiger partial charge < -0.3 is 4.89 Å². The molecule has 0 spiro atoms. The Morgan fingerprint density at radius 3 is 2.00 bits per heavy atom. The Labute approximate surface area is 31.1 Å². The highest BCUT2D eigenvalue weighted by molar-refractivity contribution is 7.80. The van der Waals surface area contributed by atoms with Gasteiger partial charge in [0.05, 0.1) is 0 Å². The van der Waals surface area contributed by atoms with Crippen molar-refractivity contribution in [2.24, 2.45) is 5.50 Å². The van der Waals surface area contributed by atoms with Gasteiger partial charge >= 0.3 is 0 Å². The van der Waals surface area contributed by atoms with Crippen LogP contribution in [0.1, 0.15) is 0 Å². The van der Waals surface area contributed by atoms with Crippen molar-refractivity contribution >= 4 is 15.0 Å². The second-order valence-corrected chi connectivity index (χ2v) is 2.83. The standard InChI is InChI=1S/BH5NO2P/c1-5(2,3)4/h1H2,(H3,2,3,4). The van der Waals surface area contributed by atoms with Crippen molar-refractivity contribution in [1.82, 2.24) is 0 Å². The Morgan fingerprint density at radius 1 is 2.00 bits per heavy atom. The van der Waals surface area contributed by atoms with Crippen LogP contribution in [0.3, 0.4) is 0 Å². The maximum Gasteiger partial charge on any atom is 0.235 e. The number of hydrogen-bond acceptors (Lipinski definition) is 1. The molecule has 3 nitrogen and oxygen atoms in total. The molecule has 0 aromatic rings. The van der Waals surface area contributed by atoms with Crippen molar-refractivity contribution in [3.8, 4) is 0 Å². The highest BCUT2D eigenvalue weighted by Gasteiger charge is 1.93. The maximum atomic E-state index is 9.55. The van der Waals surface area contributed by atoms with Gasteiger partial charge in [-0.05, 0) is 0 Å². The molecule has 0 saturated heterocycles. The van der Waals surface area contributed by atoms with Crippen LogP contribution in [0, 0.1) is 0 Å². The molecule has 0 aromatic heterocycles. The van der Waals surface area contributed by atoms with E-state index in [9.17, 15) is 4.57 Å².